The van der Waals surface area contributed by atoms with Crippen LogP contribution in [0.1, 0.15) is 19.8 Å². The highest BCUT2D eigenvalue weighted by atomic mass is 19.3. The lowest BCUT2D eigenvalue weighted by Crippen LogP contribution is -2.41. The summed E-state index contributed by atoms with van der Waals surface area (Å²) >= 11 is 0. The van der Waals surface area contributed by atoms with Gasteiger partial charge >= 0.3 is 0 Å². The molecule has 1 rings (SSSR count). The molecule has 0 spiro atoms. The molecule has 0 aromatic rings. The normalized spacial score (nSPS) is 26.5. The van der Waals surface area contributed by atoms with E-state index in [1.165, 1.54) is 0 Å². The van der Waals surface area contributed by atoms with Crippen LogP contribution in [-0.4, -0.2) is 36.5 Å². The Hall–Kier alpha value is -0.220. The maximum absolute atomic E-state index is 12.6. The first-order valence-corrected chi connectivity index (χ1v) is 4.35. The van der Waals surface area contributed by atoms with Crippen molar-refractivity contribution >= 4 is 0 Å². The second-order valence-corrected chi connectivity index (χ2v) is 3.57. The summed E-state index contributed by atoms with van der Waals surface area (Å²) in [6.07, 6.45) is 1.96. The van der Waals surface area contributed by atoms with Gasteiger partial charge in [0.15, 0.2) is 0 Å². The number of alkyl halides is 2. The molecular formula is C8H16F2N2. The fourth-order valence-corrected chi connectivity index (χ4v) is 1.73. The Bertz CT molecular complexity index is 144. The summed E-state index contributed by atoms with van der Waals surface area (Å²) in [6, 6.07) is 0.177. The van der Waals surface area contributed by atoms with Gasteiger partial charge in [0.05, 0.1) is 6.54 Å². The van der Waals surface area contributed by atoms with Gasteiger partial charge in [-0.05, 0) is 19.4 Å². The molecule has 0 saturated carbocycles. The van der Waals surface area contributed by atoms with Crippen LogP contribution in [-0.2, 0) is 0 Å². The molecule has 72 valence electrons. The zero-order valence-corrected chi connectivity index (χ0v) is 7.39. The van der Waals surface area contributed by atoms with Gasteiger partial charge in [-0.1, -0.05) is 0 Å². The van der Waals surface area contributed by atoms with E-state index in [2.05, 4.69) is 0 Å². The Labute approximate surface area is 71.7 Å². The summed E-state index contributed by atoms with van der Waals surface area (Å²) in [6.45, 7) is 2.08. The third-order valence-electron chi connectivity index (χ3n) is 2.25. The average Bonchev–Trinajstić information content (AvgIpc) is 2.31. The maximum Gasteiger partial charge on any atom is 0.257 e. The minimum absolute atomic E-state index is 0.144. The Morgan fingerprint density at radius 1 is 1.58 bits per heavy atom. The maximum atomic E-state index is 12.6. The van der Waals surface area contributed by atoms with Crippen molar-refractivity contribution in [2.24, 2.45) is 5.73 Å². The molecule has 1 saturated heterocycles. The number of hydrogen-bond donors (Lipinski definition) is 1. The molecule has 0 bridgehead atoms. The van der Waals surface area contributed by atoms with Crippen molar-refractivity contribution in [3.8, 4) is 0 Å². The number of likely N-dealkylation sites (tertiary alicyclic amines) is 1. The van der Waals surface area contributed by atoms with Gasteiger partial charge in [-0.15, -0.1) is 0 Å². The van der Waals surface area contributed by atoms with Crippen LogP contribution in [0.5, 0.6) is 0 Å². The van der Waals surface area contributed by atoms with Crippen LogP contribution in [0.4, 0.5) is 8.78 Å². The van der Waals surface area contributed by atoms with Crippen LogP contribution in [0.2, 0.25) is 0 Å². The molecule has 0 aromatic carbocycles. The minimum Gasteiger partial charge on any atom is -0.329 e. The zero-order valence-electron chi connectivity index (χ0n) is 7.39. The molecule has 2 N–H and O–H groups in total. The summed E-state index contributed by atoms with van der Waals surface area (Å²) in [5.74, 6) is -2.59. The molecule has 1 fully saturated rings. The second-order valence-electron chi connectivity index (χ2n) is 3.57. The lowest BCUT2D eigenvalue weighted by Gasteiger charge is -2.25. The van der Waals surface area contributed by atoms with Crippen LogP contribution in [0.3, 0.4) is 0 Å². The van der Waals surface area contributed by atoms with Gasteiger partial charge < -0.3 is 5.73 Å². The highest BCUT2D eigenvalue weighted by molar-refractivity contribution is 4.82. The Morgan fingerprint density at radius 2 is 2.25 bits per heavy atom. The fourth-order valence-electron chi connectivity index (χ4n) is 1.73. The van der Waals surface area contributed by atoms with E-state index in [1.807, 2.05) is 0 Å². The number of hydrogen-bond acceptors (Lipinski definition) is 2. The molecule has 1 heterocycles. The molecular weight excluding hydrogens is 162 g/mol. The molecule has 0 radical (unpaired) electrons. The van der Waals surface area contributed by atoms with E-state index in [9.17, 15) is 8.78 Å². The highest BCUT2D eigenvalue weighted by Gasteiger charge is 2.31. The van der Waals surface area contributed by atoms with Gasteiger partial charge in [-0.25, -0.2) is 8.78 Å². The highest BCUT2D eigenvalue weighted by Crippen LogP contribution is 2.21. The van der Waals surface area contributed by atoms with Crippen molar-refractivity contribution in [1.82, 2.24) is 4.90 Å². The zero-order chi connectivity index (χ0) is 9.19. The van der Waals surface area contributed by atoms with E-state index in [1.54, 1.807) is 4.90 Å². The predicted molar refractivity (Wildman–Crippen MR) is 44.3 cm³/mol. The first-order chi connectivity index (χ1) is 5.53. The van der Waals surface area contributed by atoms with Gasteiger partial charge in [0, 0.05) is 19.5 Å². The van der Waals surface area contributed by atoms with Crippen molar-refractivity contribution < 1.29 is 8.78 Å². The number of rotatable bonds is 3. The standard InChI is InChI=1S/C8H16F2N2/c1-8(9,10)6-12-4-2-3-7(12)5-11/h7H,2-6,11H2,1H3/t7-/m1/s1. The van der Waals surface area contributed by atoms with E-state index < -0.39 is 5.92 Å². The van der Waals surface area contributed by atoms with E-state index in [0.717, 1.165) is 26.3 Å². The van der Waals surface area contributed by atoms with Crippen LogP contribution >= 0.6 is 0 Å². The lowest BCUT2D eigenvalue weighted by atomic mass is 10.2. The summed E-state index contributed by atoms with van der Waals surface area (Å²) in [5, 5.41) is 0. The molecule has 1 aliphatic heterocycles. The van der Waals surface area contributed by atoms with Gasteiger partial charge in [0.1, 0.15) is 0 Å². The van der Waals surface area contributed by atoms with Gasteiger partial charge in [0.25, 0.3) is 5.92 Å². The van der Waals surface area contributed by atoms with Crippen LogP contribution < -0.4 is 5.73 Å². The Kier molecular flexibility index (Phi) is 3.01. The van der Waals surface area contributed by atoms with Crippen molar-refractivity contribution in [3.05, 3.63) is 0 Å². The first kappa shape index (κ1) is 9.86. The SMILES string of the molecule is CC(F)(F)CN1CCC[C@@H]1CN. The largest absolute Gasteiger partial charge is 0.329 e. The Morgan fingerprint density at radius 3 is 2.75 bits per heavy atom. The van der Waals surface area contributed by atoms with Gasteiger partial charge in [-0.2, -0.15) is 0 Å². The smallest absolute Gasteiger partial charge is 0.257 e. The Balaban J connectivity index is 2.41. The van der Waals surface area contributed by atoms with Crippen LogP contribution in [0.25, 0.3) is 0 Å². The number of halogens is 2. The molecule has 1 atom stereocenters. The second kappa shape index (κ2) is 3.66. The van der Waals surface area contributed by atoms with E-state index in [4.69, 9.17) is 5.73 Å². The first-order valence-electron chi connectivity index (χ1n) is 4.35. The summed E-state index contributed by atoms with van der Waals surface area (Å²) in [4.78, 5) is 1.79. The predicted octanol–water partition coefficient (Wildman–Crippen LogP) is 1.06. The topological polar surface area (TPSA) is 29.3 Å². The molecule has 2 nitrogen and oxygen atoms in total. The van der Waals surface area contributed by atoms with E-state index >= 15 is 0 Å². The monoisotopic (exact) mass is 178 g/mol. The third kappa shape index (κ3) is 2.68. The van der Waals surface area contributed by atoms with Crippen molar-refractivity contribution in [3.63, 3.8) is 0 Å². The molecule has 0 amide bonds. The summed E-state index contributed by atoms with van der Waals surface area (Å²) in [7, 11) is 0. The lowest BCUT2D eigenvalue weighted by molar-refractivity contribution is -0.0169. The molecule has 0 aromatic heterocycles. The van der Waals surface area contributed by atoms with Gasteiger partial charge in [-0.3, -0.25) is 4.90 Å². The number of nitrogens with zero attached hydrogens (tertiary/aromatic N) is 1. The summed E-state index contributed by atoms with van der Waals surface area (Å²) in [5.41, 5.74) is 5.46. The van der Waals surface area contributed by atoms with Crippen molar-refractivity contribution in [2.45, 2.75) is 31.7 Å². The van der Waals surface area contributed by atoms with Crippen molar-refractivity contribution in [2.75, 3.05) is 19.6 Å². The van der Waals surface area contributed by atoms with Crippen LogP contribution in [0.15, 0.2) is 0 Å². The molecule has 12 heavy (non-hydrogen) atoms. The average molecular weight is 178 g/mol. The minimum atomic E-state index is -2.59. The van der Waals surface area contributed by atoms with E-state index in [-0.39, 0.29) is 12.6 Å². The molecule has 1 aliphatic rings. The van der Waals surface area contributed by atoms with Gasteiger partial charge in [0.2, 0.25) is 0 Å². The summed E-state index contributed by atoms with van der Waals surface area (Å²) < 4.78 is 25.2. The molecule has 0 aliphatic carbocycles. The fraction of sp³-hybridized carbons (Fsp3) is 1.00. The van der Waals surface area contributed by atoms with Crippen molar-refractivity contribution in [1.29, 1.82) is 0 Å². The molecule has 4 heteroatoms. The third-order valence-corrected chi connectivity index (χ3v) is 2.25. The van der Waals surface area contributed by atoms with E-state index in [0.29, 0.717) is 6.54 Å². The molecule has 0 unspecified atom stereocenters. The number of nitrogens with two attached hydrogens (primary N) is 1. The van der Waals surface area contributed by atoms with Crippen LogP contribution in [0, 0.1) is 0 Å². The quantitative estimate of drug-likeness (QED) is 0.700.